The summed E-state index contributed by atoms with van der Waals surface area (Å²) in [6, 6.07) is 15.4. The van der Waals surface area contributed by atoms with E-state index in [1.54, 1.807) is 7.11 Å². The van der Waals surface area contributed by atoms with Crippen molar-refractivity contribution in [3.63, 3.8) is 0 Å². The molecule has 0 aliphatic rings. The molecule has 4 nitrogen and oxygen atoms in total. The summed E-state index contributed by atoms with van der Waals surface area (Å²) in [5.41, 5.74) is 1.66. The fraction of sp³-hybridized carbons (Fsp3) is 0.316. The van der Waals surface area contributed by atoms with Gasteiger partial charge in [-0.05, 0) is 44.0 Å². The first-order valence-electron chi connectivity index (χ1n) is 7.56. The van der Waals surface area contributed by atoms with E-state index in [1.807, 2.05) is 69.3 Å². The van der Waals surface area contributed by atoms with Gasteiger partial charge in [0.05, 0.1) is 12.6 Å². The number of ether oxygens (including phenoxy) is 2. The SMILES string of the molecule is COc1cc(C)ccc1OCC(=O)NC(C)(C)c1ccccc1. The summed E-state index contributed by atoms with van der Waals surface area (Å²) in [5, 5.41) is 2.99. The Morgan fingerprint density at radius 2 is 1.78 bits per heavy atom. The van der Waals surface area contributed by atoms with E-state index < -0.39 is 5.54 Å². The summed E-state index contributed by atoms with van der Waals surface area (Å²) < 4.78 is 10.9. The first kappa shape index (κ1) is 16.9. The number of benzene rings is 2. The van der Waals surface area contributed by atoms with Crippen LogP contribution in [0, 0.1) is 6.92 Å². The lowest BCUT2D eigenvalue weighted by molar-refractivity contribution is -0.124. The van der Waals surface area contributed by atoms with E-state index in [0.29, 0.717) is 11.5 Å². The lowest BCUT2D eigenvalue weighted by Gasteiger charge is -2.27. The second kappa shape index (κ2) is 7.18. The average molecular weight is 313 g/mol. The molecule has 0 atom stereocenters. The Balaban J connectivity index is 1.98. The fourth-order valence-corrected chi connectivity index (χ4v) is 2.35. The maximum atomic E-state index is 12.2. The molecular weight excluding hydrogens is 290 g/mol. The minimum absolute atomic E-state index is 0.0598. The predicted molar refractivity (Wildman–Crippen MR) is 90.8 cm³/mol. The fourth-order valence-electron chi connectivity index (χ4n) is 2.35. The molecule has 23 heavy (non-hydrogen) atoms. The number of carbonyl (C=O) groups excluding carboxylic acids is 1. The minimum Gasteiger partial charge on any atom is -0.493 e. The van der Waals surface area contributed by atoms with Gasteiger partial charge in [0.15, 0.2) is 18.1 Å². The Morgan fingerprint density at radius 3 is 2.43 bits per heavy atom. The third-order valence-corrected chi connectivity index (χ3v) is 3.63. The Hall–Kier alpha value is -2.49. The molecule has 4 heteroatoms. The van der Waals surface area contributed by atoms with Crippen molar-refractivity contribution in [2.75, 3.05) is 13.7 Å². The molecular formula is C19H23NO3. The molecule has 122 valence electrons. The van der Waals surface area contributed by atoms with Crippen LogP contribution in [0.1, 0.15) is 25.0 Å². The van der Waals surface area contributed by atoms with Crippen LogP contribution >= 0.6 is 0 Å². The Labute approximate surface area is 137 Å². The molecule has 0 aliphatic heterocycles. The number of rotatable bonds is 6. The highest BCUT2D eigenvalue weighted by Crippen LogP contribution is 2.27. The molecule has 0 unspecified atom stereocenters. The minimum atomic E-state index is -0.459. The van der Waals surface area contributed by atoms with Crippen LogP contribution in [0.3, 0.4) is 0 Å². The van der Waals surface area contributed by atoms with Crippen molar-refractivity contribution >= 4 is 5.91 Å². The van der Waals surface area contributed by atoms with Gasteiger partial charge in [0.25, 0.3) is 5.91 Å². The third-order valence-electron chi connectivity index (χ3n) is 3.63. The highest BCUT2D eigenvalue weighted by molar-refractivity contribution is 5.78. The van der Waals surface area contributed by atoms with Crippen molar-refractivity contribution < 1.29 is 14.3 Å². The highest BCUT2D eigenvalue weighted by atomic mass is 16.5. The molecule has 0 bridgehead atoms. The zero-order chi connectivity index (χ0) is 16.9. The van der Waals surface area contributed by atoms with Gasteiger partial charge in [-0.3, -0.25) is 4.79 Å². The van der Waals surface area contributed by atoms with Crippen molar-refractivity contribution in [1.29, 1.82) is 0 Å². The molecule has 0 spiro atoms. The van der Waals surface area contributed by atoms with Crippen LogP contribution in [0.25, 0.3) is 0 Å². The van der Waals surface area contributed by atoms with Gasteiger partial charge in [0, 0.05) is 0 Å². The van der Waals surface area contributed by atoms with Gasteiger partial charge < -0.3 is 14.8 Å². The normalized spacial score (nSPS) is 11.0. The lowest BCUT2D eigenvalue weighted by Crippen LogP contribution is -2.43. The van der Waals surface area contributed by atoms with Crippen LogP contribution in [-0.2, 0) is 10.3 Å². The molecule has 0 saturated carbocycles. The average Bonchev–Trinajstić information content (AvgIpc) is 2.54. The number of aryl methyl sites for hydroxylation is 1. The quantitative estimate of drug-likeness (QED) is 0.889. The smallest absolute Gasteiger partial charge is 0.258 e. The van der Waals surface area contributed by atoms with Gasteiger partial charge in [-0.2, -0.15) is 0 Å². The largest absolute Gasteiger partial charge is 0.493 e. The summed E-state index contributed by atoms with van der Waals surface area (Å²) >= 11 is 0. The van der Waals surface area contributed by atoms with Crippen LogP contribution in [0.4, 0.5) is 0 Å². The van der Waals surface area contributed by atoms with Gasteiger partial charge in [-0.15, -0.1) is 0 Å². The monoisotopic (exact) mass is 313 g/mol. The molecule has 2 aromatic carbocycles. The van der Waals surface area contributed by atoms with Crippen molar-refractivity contribution in [2.45, 2.75) is 26.3 Å². The number of hydrogen-bond donors (Lipinski definition) is 1. The van der Waals surface area contributed by atoms with Crippen LogP contribution in [-0.4, -0.2) is 19.6 Å². The van der Waals surface area contributed by atoms with E-state index in [2.05, 4.69) is 5.32 Å². The molecule has 1 N–H and O–H groups in total. The summed E-state index contributed by atoms with van der Waals surface area (Å²) in [4.78, 5) is 12.2. The molecule has 0 fully saturated rings. The third kappa shape index (κ3) is 4.49. The second-order valence-electron chi connectivity index (χ2n) is 5.98. The standard InChI is InChI=1S/C19H23NO3/c1-14-10-11-16(17(12-14)22-4)23-13-18(21)20-19(2,3)15-8-6-5-7-9-15/h5-12H,13H2,1-4H3,(H,20,21). The highest BCUT2D eigenvalue weighted by Gasteiger charge is 2.22. The number of amides is 1. The number of carbonyl (C=O) groups is 1. The number of nitrogens with one attached hydrogen (secondary N) is 1. The van der Waals surface area contributed by atoms with Gasteiger partial charge in [-0.25, -0.2) is 0 Å². The van der Waals surface area contributed by atoms with Gasteiger partial charge in [0.1, 0.15) is 0 Å². The van der Waals surface area contributed by atoms with E-state index in [1.165, 1.54) is 0 Å². The Bertz CT molecular complexity index is 666. The van der Waals surface area contributed by atoms with Crippen molar-refractivity contribution in [1.82, 2.24) is 5.32 Å². The maximum absolute atomic E-state index is 12.2. The van der Waals surface area contributed by atoms with E-state index in [-0.39, 0.29) is 12.5 Å². The first-order chi connectivity index (χ1) is 10.9. The maximum Gasteiger partial charge on any atom is 0.258 e. The van der Waals surface area contributed by atoms with Crippen LogP contribution < -0.4 is 14.8 Å². The molecule has 2 rings (SSSR count). The number of hydrogen-bond acceptors (Lipinski definition) is 3. The molecule has 0 aromatic heterocycles. The second-order valence-corrected chi connectivity index (χ2v) is 5.98. The Kier molecular flexibility index (Phi) is 5.27. The molecule has 0 saturated heterocycles. The summed E-state index contributed by atoms with van der Waals surface area (Å²) in [6.45, 7) is 5.84. The zero-order valence-electron chi connectivity index (χ0n) is 14.1. The molecule has 0 aliphatic carbocycles. The topological polar surface area (TPSA) is 47.6 Å². The zero-order valence-corrected chi connectivity index (χ0v) is 14.1. The lowest BCUT2D eigenvalue weighted by atomic mass is 9.94. The number of methoxy groups -OCH3 is 1. The van der Waals surface area contributed by atoms with Crippen LogP contribution in [0.15, 0.2) is 48.5 Å². The van der Waals surface area contributed by atoms with E-state index >= 15 is 0 Å². The van der Waals surface area contributed by atoms with E-state index in [9.17, 15) is 4.79 Å². The summed E-state index contributed by atoms with van der Waals surface area (Å²) in [7, 11) is 1.58. The summed E-state index contributed by atoms with van der Waals surface area (Å²) in [6.07, 6.45) is 0. The summed E-state index contributed by atoms with van der Waals surface area (Å²) in [5.74, 6) is 1.01. The van der Waals surface area contributed by atoms with E-state index in [4.69, 9.17) is 9.47 Å². The molecule has 1 amide bonds. The van der Waals surface area contributed by atoms with Gasteiger partial charge in [-0.1, -0.05) is 36.4 Å². The Morgan fingerprint density at radius 1 is 1.09 bits per heavy atom. The molecule has 0 heterocycles. The molecule has 2 aromatic rings. The predicted octanol–water partition coefficient (Wildman–Crippen LogP) is 3.43. The van der Waals surface area contributed by atoms with Crippen LogP contribution in [0.5, 0.6) is 11.5 Å². The van der Waals surface area contributed by atoms with Crippen molar-refractivity contribution in [3.05, 3.63) is 59.7 Å². The van der Waals surface area contributed by atoms with Crippen LogP contribution in [0.2, 0.25) is 0 Å². The van der Waals surface area contributed by atoms with Gasteiger partial charge >= 0.3 is 0 Å². The molecule has 0 radical (unpaired) electrons. The van der Waals surface area contributed by atoms with Crippen molar-refractivity contribution in [2.24, 2.45) is 0 Å². The van der Waals surface area contributed by atoms with Gasteiger partial charge in [0.2, 0.25) is 0 Å². The van der Waals surface area contributed by atoms with E-state index in [0.717, 1.165) is 11.1 Å². The van der Waals surface area contributed by atoms with Crippen molar-refractivity contribution in [3.8, 4) is 11.5 Å². The first-order valence-corrected chi connectivity index (χ1v) is 7.56.